The average Bonchev–Trinajstić information content (AvgIpc) is 2.63. The van der Waals surface area contributed by atoms with E-state index >= 15 is 0 Å². The minimum Gasteiger partial charge on any atom is -0.489 e. The highest BCUT2D eigenvalue weighted by Crippen LogP contribution is 2.30. The Hall–Kier alpha value is -2.16. The van der Waals surface area contributed by atoms with Gasteiger partial charge in [0.25, 0.3) is 5.91 Å². The number of hydrogen-bond acceptors (Lipinski definition) is 5. The van der Waals surface area contributed by atoms with Crippen LogP contribution in [-0.2, 0) is 10.0 Å². The molecule has 2 aromatic rings. The first-order valence-corrected chi connectivity index (χ1v) is 10.7. The molecule has 9 heteroatoms. The predicted molar refractivity (Wildman–Crippen MR) is 110 cm³/mol. The summed E-state index contributed by atoms with van der Waals surface area (Å²) in [6.45, 7) is 7.90. The Bertz CT molecular complexity index is 944. The lowest BCUT2D eigenvalue weighted by Gasteiger charge is -2.20. The zero-order chi connectivity index (χ0) is 20.9. The second-order valence-corrected chi connectivity index (χ2v) is 8.60. The van der Waals surface area contributed by atoms with E-state index in [0.29, 0.717) is 23.9 Å². The molecule has 7 nitrogen and oxygen atoms in total. The Labute approximate surface area is 170 Å². The third-order valence-corrected chi connectivity index (χ3v) is 6.14. The second-order valence-electron chi connectivity index (χ2n) is 6.23. The number of sulfonamides is 1. The van der Waals surface area contributed by atoms with Crippen LogP contribution in [0.25, 0.3) is 0 Å². The number of aromatic nitrogens is 1. The van der Waals surface area contributed by atoms with E-state index in [1.54, 1.807) is 19.9 Å². The number of carbonyl (C=O) groups excluding carboxylic acids is 1. The molecule has 0 spiro atoms. The Balaban J connectivity index is 2.45. The van der Waals surface area contributed by atoms with E-state index in [4.69, 9.17) is 16.3 Å². The lowest BCUT2D eigenvalue weighted by molar-refractivity contribution is 0.102. The maximum atomic E-state index is 12.8. The molecule has 0 fully saturated rings. The van der Waals surface area contributed by atoms with Crippen molar-refractivity contribution in [1.29, 1.82) is 0 Å². The summed E-state index contributed by atoms with van der Waals surface area (Å²) in [5, 5.41) is 3.05. The van der Waals surface area contributed by atoms with Gasteiger partial charge in [-0.25, -0.2) is 8.42 Å². The van der Waals surface area contributed by atoms with E-state index in [1.165, 1.54) is 34.8 Å². The fraction of sp³-hybridized carbons (Fsp3) is 0.368. The zero-order valence-corrected chi connectivity index (χ0v) is 17.8. The molecule has 1 heterocycles. The van der Waals surface area contributed by atoms with Crippen LogP contribution in [0.4, 0.5) is 5.69 Å². The summed E-state index contributed by atoms with van der Waals surface area (Å²) in [6, 6.07) is 7.39. The number of anilines is 1. The van der Waals surface area contributed by atoms with Crippen molar-refractivity contribution in [3.8, 4) is 5.75 Å². The number of carbonyl (C=O) groups is 1. The minimum absolute atomic E-state index is 0.0710. The molecule has 0 aliphatic heterocycles. The number of ether oxygens (including phenoxy) is 1. The van der Waals surface area contributed by atoms with E-state index in [2.05, 4.69) is 10.3 Å². The Kier molecular flexibility index (Phi) is 7.40. The van der Waals surface area contributed by atoms with Crippen molar-refractivity contribution in [2.75, 3.05) is 18.4 Å². The molecule has 28 heavy (non-hydrogen) atoms. The molecule has 0 bridgehead atoms. The van der Waals surface area contributed by atoms with Crippen LogP contribution in [-0.4, -0.2) is 42.8 Å². The van der Waals surface area contributed by atoms with Crippen LogP contribution < -0.4 is 10.1 Å². The Morgan fingerprint density at radius 3 is 2.46 bits per heavy atom. The van der Waals surface area contributed by atoms with Gasteiger partial charge in [0.2, 0.25) is 10.0 Å². The van der Waals surface area contributed by atoms with Gasteiger partial charge in [-0.3, -0.25) is 9.78 Å². The number of nitrogens with one attached hydrogen (secondary N) is 1. The lowest BCUT2D eigenvalue weighted by atomic mass is 10.2. The number of pyridine rings is 1. The van der Waals surface area contributed by atoms with E-state index in [0.717, 1.165) is 0 Å². The fourth-order valence-corrected chi connectivity index (χ4v) is 4.20. The van der Waals surface area contributed by atoms with Crippen LogP contribution in [0.5, 0.6) is 5.75 Å². The van der Waals surface area contributed by atoms with Gasteiger partial charge in [0.15, 0.2) is 0 Å². The van der Waals surface area contributed by atoms with Crippen LogP contribution >= 0.6 is 11.6 Å². The van der Waals surface area contributed by atoms with Crippen molar-refractivity contribution in [2.24, 2.45) is 0 Å². The van der Waals surface area contributed by atoms with Gasteiger partial charge in [0.05, 0.1) is 16.7 Å². The van der Waals surface area contributed by atoms with Gasteiger partial charge in [-0.1, -0.05) is 25.4 Å². The van der Waals surface area contributed by atoms with Crippen LogP contribution in [0.15, 0.2) is 41.4 Å². The molecule has 1 N–H and O–H groups in total. The number of rotatable bonds is 8. The third-order valence-electron chi connectivity index (χ3n) is 3.86. The molecule has 0 aliphatic rings. The summed E-state index contributed by atoms with van der Waals surface area (Å²) >= 11 is 5.91. The number of hydrogen-bond donors (Lipinski definition) is 1. The maximum absolute atomic E-state index is 12.8. The van der Waals surface area contributed by atoms with Crippen molar-refractivity contribution in [1.82, 2.24) is 9.29 Å². The van der Waals surface area contributed by atoms with Crippen LogP contribution in [0.1, 0.15) is 38.2 Å². The molecule has 1 aromatic heterocycles. The molecule has 0 aliphatic carbocycles. The smallest absolute Gasteiger partial charge is 0.274 e. The number of benzene rings is 1. The van der Waals surface area contributed by atoms with E-state index in [9.17, 15) is 13.2 Å². The molecule has 0 unspecified atom stereocenters. The maximum Gasteiger partial charge on any atom is 0.274 e. The van der Waals surface area contributed by atoms with E-state index in [1.807, 2.05) is 13.8 Å². The summed E-state index contributed by atoms with van der Waals surface area (Å²) < 4.78 is 32.7. The largest absolute Gasteiger partial charge is 0.489 e. The van der Waals surface area contributed by atoms with Gasteiger partial charge >= 0.3 is 0 Å². The third kappa shape index (κ3) is 5.21. The molecule has 1 amide bonds. The topological polar surface area (TPSA) is 88.6 Å². The van der Waals surface area contributed by atoms with Gasteiger partial charge in [-0.05, 0) is 44.2 Å². The fourth-order valence-electron chi connectivity index (χ4n) is 2.55. The first kappa shape index (κ1) is 22.1. The standard InChI is InChI=1S/C19H24ClN3O4S/c1-5-23(6-2)28(25,26)15-7-8-18(27-13(3)4)16(12-15)22-19(24)17-11-14(20)9-10-21-17/h7-13H,5-6H2,1-4H3,(H,22,24). The van der Waals surface area contributed by atoms with E-state index in [-0.39, 0.29) is 22.4 Å². The van der Waals surface area contributed by atoms with Crippen molar-refractivity contribution in [3.63, 3.8) is 0 Å². The number of nitrogens with zero attached hydrogens (tertiary/aromatic N) is 2. The number of amides is 1. The predicted octanol–water partition coefficient (Wildman–Crippen LogP) is 3.81. The van der Waals surface area contributed by atoms with Crippen molar-refractivity contribution >= 4 is 33.2 Å². The quantitative estimate of drug-likeness (QED) is 0.694. The van der Waals surface area contributed by atoms with Crippen molar-refractivity contribution in [3.05, 3.63) is 47.2 Å². The molecule has 0 saturated carbocycles. The van der Waals surface area contributed by atoms with Crippen LogP contribution in [0.2, 0.25) is 5.02 Å². The summed E-state index contributed by atoms with van der Waals surface area (Å²) in [6.07, 6.45) is 1.26. The molecular weight excluding hydrogens is 402 g/mol. The average molecular weight is 426 g/mol. The van der Waals surface area contributed by atoms with Gasteiger partial charge in [-0.15, -0.1) is 0 Å². The molecule has 2 rings (SSSR count). The van der Waals surface area contributed by atoms with Gasteiger partial charge in [0.1, 0.15) is 11.4 Å². The molecular formula is C19H24ClN3O4S. The summed E-state index contributed by atoms with van der Waals surface area (Å²) in [7, 11) is -3.69. The molecule has 1 aromatic carbocycles. The van der Waals surface area contributed by atoms with Crippen LogP contribution in [0, 0.1) is 0 Å². The van der Waals surface area contributed by atoms with Crippen LogP contribution in [0.3, 0.4) is 0 Å². The minimum atomic E-state index is -3.69. The highest BCUT2D eigenvalue weighted by molar-refractivity contribution is 7.89. The highest BCUT2D eigenvalue weighted by atomic mass is 35.5. The summed E-state index contributed by atoms with van der Waals surface area (Å²) in [5.41, 5.74) is 0.355. The number of halogens is 1. The summed E-state index contributed by atoms with van der Waals surface area (Å²) in [4.78, 5) is 16.6. The van der Waals surface area contributed by atoms with E-state index < -0.39 is 15.9 Å². The Morgan fingerprint density at radius 1 is 1.21 bits per heavy atom. The SMILES string of the molecule is CCN(CC)S(=O)(=O)c1ccc(OC(C)C)c(NC(=O)c2cc(Cl)ccn2)c1. The van der Waals surface area contributed by atoms with Crippen molar-refractivity contribution in [2.45, 2.75) is 38.7 Å². The normalized spacial score (nSPS) is 11.7. The lowest BCUT2D eigenvalue weighted by Crippen LogP contribution is -2.30. The first-order valence-electron chi connectivity index (χ1n) is 8.92. The van der Waals surface area contributed by atoms with Gasteiger partial charge in [-0.2, -0.15) is 4.31 Å². The first-order chi connectivity index (χ1) is 13.2. The van der Waals surface area contributed by atoms with Gasteiger partial charge in [0, 0.05) is 24.3 Å². The Morgan fingerprint density at radius 2 is 1.89 bits per heavy atom. The zero-order valence-electron chi connectivity index (χ0n) is 16.3. The monoisotopic (exact) mass is 425 g/mol. The molecule has 0 saturated heterocycles. The molecule has 0 atom stereocenters. The second kappa shape index (κ2) is 9.36. The molecule has 152 valence electrons. The highest BCUT2D eigenvalue weighted by Gasteiger charge is 2.24. The summed E-state index contributed by atoms with van der Waals surface area (Å²) in [5.74, 6) is -0.155. The molecule has 0 radical (unpaired) electrons. The van der Waals surface area contributed by atoms with Gasteiger partial charge < -0.3 is 10.1 Å². The van der Waals surface area contributed by atoms with Crippen molar-refractivity contribution < 1.29 is 17.9 Å².